The second kappa shape index (κ2) is 9.15. The van der Waals surface area contributed by atoms with Gasteiger partial charge in [0.2, 0.25) is 0 Å². The molecule has 0 spiro atoms. The Morgan fingerprint density at radius 1 is 1.12 bits per heavy atom. The van der Waals surface area contributed by atoms with Gasteiger partial charge in [-0.15, -0.1) is 11.3 Å². The summed E-state index contributed by atoms with van der Waals surface area (Å²) < 4.78 is 9.68. The number of amides is 1. The number of hydrogen-bond acceptors (Lipinski definition) is 6. The zero-order chi connectivity index (χ0) is 19.1. The molecule has 1 aromatic carbocycles. The molecule has 0 unspecified atom stereocenters. The average Bonchev–Trinajstić information content (AvgIpc) is 3.05. The number of hydrogen-bond donors (Lipinski definition) is 1. The van der Waals surface area contributed by atoms with E-state index in [2.05, 4.69) is 10.1 Å². The van der Waals surface area contributed by atoms with Gasteiger partial charge in [0.15, 0.2) is 6.61 Å². The van der Waals surface area contributed by atoms with Gasteiger partial charge in [0.1, 0.15) is 4.88 Å². The number of carbonyl (C=O) groups is 3. The SMILES string of the molecule is CCc1cc(C(=O)OCC(=O)NCc2ccc(C(=O)OC)cc2)sc1C. The first-order valence-corrected chi connectivity index (χ1v) is 8.96. The molecule has 0 saturated heterocycles. The summed E-state index contributed by atoms with van der Waals surface area (Å²) in [7, 11) is 1.32. The molecule has 0 aliphatic heterocycles. The fraction of sp³-hybridized carbons (Fsp3) is 0.316. The maximum atomic E-state index is 12.0. The Labute approximate surface area is 156 Å². The van der Waals surface area contributed by atoms with Gasteiger partial charge in [-0.05, 0) is 42.7 Å². The minimum absolute atomic E-state index is 0.274. The van der Waals surface area contributed by atoms with Crippen LogP contribution in [0.25, 0.3) is 0 Å². The summed E-state index contributed by atoms with van der Waals surface area (Å²) in [4.78, 5) is 36.8. The number of rotatable bonds is 7. The number of carbonyl (C=O) groups excluding carboxylic acids is 3. The highest BCUT2D eigenvalue weighted by atomic mass is 32.1. The largest absolute Gasteiger partial charge is 0.465 e. The Morgan fingerprint density at radius 3 is 2.38 bits per heavy atom. The molecule has 138 valence electrons. The normalized spacial score (nSPS) is 10.3. The maximum absolute atomic E-state index is 12.0. The molecule has 1 N–H and O–H groups in total. The van der Waals surface area contributed by atoms with Crippen LogP contribution in [-0.4, -0.2) is 31.6 Å². The second-order valence-electron chi connectivity index (χ2n) is 5.59. The molecular formula is C19H21NO5S. The Kier molecular flexibility index (Phi) is 6.91. The highest BCUT2D eigenvalue weighted by molar-refractivity contribution is 7.14. The molecule has 2 aromatic rings. The van der Waals surface area contributed by atoms with Crippen molar-refractivity contribution >= 4 is 29.2 Å². The third-order valence-corrected chi connectivity index (χ3v) is 4.87. The lowest BCUT2D eigenvalue weighted by Gasteiger charge is -2.07. The van der Waals surface area contributed by atoms with Crippen molar-refractivity contribution < 1.29 is 23.9 Å². The lowest BCUT2D eigenvalue weighted by Crippen LogP contribution is -2.28. The standard InChI is InChI=1S/C19H21NO5S/c1-4-14-9-16(26-12(14)2)19(23)25-11-17(21)20-10-13-5-7-15(8-6-13)18(22)24-3/h5-9H,4,10-11H2,1-3H3,(H,20,21). The molecule has 1 aromatic heterocycles. The number of methoxy groups -OCH3 is 1. The van der Waals surface area contributed by atoms with Gasteiger partial charge in [-0.3, -0.25) is 4.79 Å². The molecule has 2 rings (SSSR count). The van der Waals surface area contributed by atoms with Gasteiger partial charge in [-0.1, -0.05) is 19.1 Å². The smallest absolute Gasteiger partial charge is 0.348 e. The summed E-state index contributed by atoms with van der Waals surface area (Å²) in [6.07, 6.45) is 0.852. The fourth-order valence-electron chi connectivity index (χ4n) is 2.30. The number of benzene rings is 1. The van der Waals surface area contributed by atoms with Crippen LogP contribution in [0.5, 0.6) is 0 Å². The maximum Gasteiger partial charge on any atom is 0.348 e. The number of aryl methyl sites for hydroxylation is 2. The van der Waals surface area contributed by atoms with Crippen LogP contribution in [0.3, 0.4) is 0 Å². The lowest BCUT2D eigenvalue weighted by molar-refractivity contribution is -0.124. The zero-order valence-electron chi connectivity index (χ0n) is 15.0. The third-order valence-electron chi connectivity index (χ3n) is 3.80. The predicted molar refractivity (Wildman–Crippen MR) is 98.3 cm³/mol. The minimum atomic E-state index is -0.490. The molecule has 26 heavy (non-hydrogen) atoms. The molecule has 0 fully saturated rings. The summed E-state index contributed by atoms with van der Waals surface area (Å²) in [6, 6.07) is 8.50. The fourth-order valence-corrected chi connectivity index (χ4v) is 3.31. The predicted octanol–water partition coefficient (Wildman–Crippen LogP) is 2.88. The second-order valence-corrected chi connectivity index (χ2v) is 6.84. The van der Waals surface area contributed by atoms with E-state index in [-0.39, 0.29) is 19.1 Å². The van der Waals surface area contributed by atoms with Crippen LogP contribution < -0.4 is 5.32 Å². The number of thiophene rings is 1. The van der Waals surface area contributed by atoms with E-state index in [9.17, 15) is 14.4 Å². The van der Waals surface area contributed by atoms with Gasteiger partial charge >= 0.3 is 11.9 Å². The van der Waals surface area contributed by atoms with Crippen molar-refractivity contribution in [1.29, 1.82) is 0 Å². The van der Waals surface area contributed by atoms with Crippen LogP contribution in [0.1, 0.15) is 43.0 Å². The van der Waals surface area contributed by atoms with Gasteiger partial charge < -0.3 is 14.8 Å². The van der Waals surface area contributed by atoms with E-state index in [1.54, 1.807) is 24.3 Å². The Bertz CT molecular complexity index is 795. The molecule has 1 heterocycles. The molecular weight excluding hydrogens is 354 g/mol. The molecule has 0 radical (unpaired) electrons. The van der Waals surface area contributed by atoms with Crippen LogP contribution in [0.4, 0.5) is 0 Å². The van der Waals surface area contributed by atoms with Crippen molar-refractivity contribution in [2.45, 2.75) is 26.8 Å². The van der Waals surface area contributed by atoms with Gasteiger partial charge in [-0.25, -0.2) is 9.59 Å². The van der Waals surface area contributed by atoms with Crippen molar-refractivity contribution in [3.63, 3.8) is 0 Å². The Hall–Kier alpha value is -2.67. The molecule has 0 bridgehead atoms. The highest BCUT2D eigenvalue weighted by Gasteiger charge is 2.14. The zero-order valence-corrected chi connectivity index (χ0v) is 15.8. The van der Waals surface area contributed by atoms with E-state index in [1.807, 2.05) is 19.9 Å². The molecule has 0 aliphatic carbocycles. The van der Waals surface area contributed by atoms with E-state index in [4.69, 9.17) is 4.74 Å². The lowest BCUT2D eigenvalue weighted by atomic mass is 10.1. The van der Waals surface area contributed by atoms with Crippen molar-refractivity contribution in [2.24, 2.45) is 0 Å². The van der Waals surface area contributed by atoms with Crippen molar-refractivity contribution in [1.82, 2.24) is 5.32 Å². The van der Waals surface area contributed by atoms with Crippen LogP contribution in [0, 0.1) is 6.92 Å². The van der Waals surface area contributed by atoms with Gasteiger partial charge in [-0.2, -0.15) is 0 Å². The summed E-state index contributed by atoms with van der Waals surface area (Å²) in [5.41, 5.74) is 2.37. The van der Waals surface area contributed by atoms with Crippen molar-refractivity contribution in [2.75, 3.05) is 13.7 Å². The first-order chi connectivity index (χ1) is 12.4. The highest BCUT2D eigenvalue weighted by Crippen LogP contribution is 2.22. The van der Waals surface area contributed by atoms with Gasteiger partial charge in [0, 0.05) is 11.4 Å². The first kappa shape index (κ1) is 19.7. The van der Waals surface area contributed by atoms with Crippen LogP contribution in [0.15, 0.2) is 30.3 Å². The van der Waals surface area contributed by atoms with E-state index in [0.29, 0.717) is 10.4 Å². The molecule has 6 nitrogen and oxygen atoms in total. The summed E-state index contributed by atoms with van der Waals surface area (Å²) in [5, 5.41) is 2.67. The van der Waals surface area contributed by atoms with Crippen molar-refractivity contribution in [3.8, 4) is 0 Å². The summed E-state index contributed by atoms with van der Waals surface area (Å²) in [6.45, 7) is 3.92. The van der Waals surface area contributed by atoms with E-state index in [1.165, 1.54) is 18.4 Å². The molecule has 1 amide bonds. The van der Waals surface area contributed by atoms with E-state index >= 15 is 0 Å². The monoisotopic (exact) mass is 375 g/mol. The molecule has 0 aliphatic rings. The van der Waals surface area contributed by atoms with Gasteiger partial charge in [0.05, 0.1) is 12.7 Å². The number of esters is 2. The minimum Gasteiger partial charge on any atom is -0.465 e. The first-order valence-electron chi connectivity index (χ1n) is 8.15. The van der Waals surface area contributed by atoms with Crippen LogP contribution in [-0.2, 0) is 27.2 Å². The summed E-state index contributed by atoms with van der Waals surface area (Å²) >= 11 is 1.37. The van der Waals surface area contributed by atoms with Crippen molar-refractivity contribution in [3.05, 3.63) is 56.8 Å². The number of nitrogens with one attached hydrogen (secondary N) is 1. The Morgan fingerprint density at radius 2 is 1.81 bits per heavy atom. The van der Waals surface area contributed by atoms with Gasteiger partial charge in [0.25, 0.3) is 5.91 Å². The quantitative estimate of drug-likeness (QED) is 0.753. The molecule has 7 heteroatoms. The van der Waals surface area contributed by atoms with E-state index < -0.39 is 11.9 Å². The van der Waals surface area contributed by atoms with Crippen LogP contribution in [0.2, 0.25) is 0 Å². The summed E-state index contributed by atoms with van der Waals surface area (Å²) in [5.74, 6) is -1.29. The number of ether oxygens (including phenoxy) is 2. The average molecular weight is 375 g/mol. The molecule has 0 saturated carbocycles. The van der Waals surface area contributed by atoms with E-state index in [0.717, 1.165) is 22.4 Å². The topological polar surface area (TPSA) is 81.7 Å². The Balaban J connectivity index is 1.79. The molecule has 0 atom stereocenters. The van der Waals surface area contributed by atoms with Crippen LogP contribution >= 0.6 is 11.3 Å². The third kappa shape index (κ3) is 5.16.